The summed E-state index contributed by atoms with van der Waals surface area (Å²) in [7, 11) is 0. The van der Waals surface area contributed by atoms with Crippen LogP contribution in [-0.2, 0) is 0 Å². The van der Waals surface area contributed by atoms with Crippen molar-refractivity contribution >= 4 is 17.3 Å². The van der Waals surface area contributed by atoms with Crippen LogP contribution in [0.25, 0.3) is 0 Å². The fraction of sp³-hybridized carbons (Fsp3) is 0.154. The number of pyridine rings is 1. The Labute approximate surface area is 104 Å². The molecule has 0 saturated heterocycles. The molecule has 2 nitrogen and oxygen atoms in total. The van der Waals surface area contributed by atoms with Crippen molar-refractivity contribution in [3.63, 3.8) is 0 Å². The van der Waals surface area contributed by atoms with Crippen LogP contribution in [0.3, 0.4) is 0 Å². The van der Waals surface area contributed by atoms with E-state index >= 15 is 0 Å². The summed E-state index contributed by atoms with van der Waals surface area (Å²) >= 11 is 5.79. The van der Waals surface area contributed by atoms with Crippen LogP contribution in [0.15, 0.2) is 42.6 Å². The Kier molecular flexibility index (Phi) is 3.59. The number of aromatic nitrogens is 1. The second kappa shape index (κ2) is 5.15. The summed E-state index contributed by atoms with van der Waals surface area (Å²) < 4.78 is 12.8. The molecular weight excluding hydrogens is 239 g/mol. The molecule has 1 heterocycles. The number of rotatable bonds is 3. The van der Waals surface area contributed by atoms with Crippen LogP contribution in [0.4, 0.5) is 10.1 Å². The van der Waals surface area contributed by atoms with Gasteiger partial charge in [-0.3, -0.25) is 0 Å². The van der Waals surface area contributed by atoms with Gasteiger partial charge in [-0.1, -0.05) is 23.7 Å². The molecule has 0 spiro atoms. The summed E-state index contributed by atoms with van der Waals surface area (Å²) in [5, 5.41) is 3.72. The fourth-order valence-electron chi connectivity index (χ4n) is 1.58. The smallest absolute Gasteiger partial charge is 0.131 e. The van der Waals surface area contributed by atoms with Gasteiger partial charge in [-0.25, -0.2) is 9.37 Å². The maximum absolute atomic E-state index is 12.8. The van der Waals surface area contributed by atoms with E-state index in [1.165, 1.54) is 12.1 Å². The molecule has 2 aromatic rings. The molecular formula is C13H12ClFN2. The molecule has 0 radical (unpaired) electrons. The van der Waals surface area contributed by atoms with Crippen LogP contribution in [0.1, 0.15) is 18.5 Å². The van der Waals surface area contributed by atoms with Crippen molar-refractivity contribution in [3.05, 3.63) is 59.1 Å². The van der Waals surface area contributed by atoms with E-state index in [1.807, 2.05) is 13.0 Å². The van der Waals surface area contributed by atoms with Gasteiger partial charge >= 0.3 is 0 Å². The quantitative estimate of drug-likeness (QED) is 0.832. The molecule has 1 aromatic carbocycles. The van der Waals surface area contributed by atoms with Crippen LogP contribution < -0.4 is 5.32 Å². The Balaban J connectivity index is 2.11. The summed E-state index contributed by atoms with van der Waals surface area (Å²) in [6.07, 6.45) is 1.64. The monoisotopic (exact) mass is 250 g/mol. The molecule has 0 bridgehead atoms. The highest BCUT2D eigenvalue weighted by atomic mass is 35.5. The zero-order chi connectivity index (χ0) is 12.3. The second-order valence-electron chi connectivity index (χ2n) is 3.78. The minimum Gasteiger partial charge on any atom is -0.378 e. The molecule has 2 rings (SSSR count). The van der Waals surface area contributed by atoms with Gasteiger partial charge in [-0.05, 0) is 36.8 Å². The Morgan fingerprint density at radius 2 is 1.94 bits per heavy atom. The highest BCUT2D eigenvalue weighted by Gasteiger charge is 2.05. The highest BCUT2D eigenvalue weighted by Crippen LogP contribution is 2.20. The normalized spacial score (nSPS) is 12.2. The minimum atomic E-state index is -0.229. The highest BCUT2D eigenvalue weighted by molar-refractivity contribution is 6.29. The lowest BCUT2D eigenvalue weighted by Crippen LogP contribution is -2.06. The maximum atomic E-state index is 12.8. The van der Waals surface area contributed by atoms with Gasteiger partial charge in [-0.15, -0.1) is 0 Å². The van der Waals surface area contributed by atoms with Crippen molar-refractivity contribution in [1.82, 2.24) is 4.98 Å². The molecule has 1 aromatic heterocycles. The number of benzene rings is 1. The van der Waals surface area contributed by atoms with Crippen LogP contribution in [0, 0.1) is 5.82 Å². The molecule has 0 saturated carbocycles. The summed E-state index contributed by atoms with van der Waals surface area (Å²) in [5.41, 5.74) is 1.90. The zero-order valence-corrected chi connectivity index (χ0v) is 10.1. The first kappa shape index (κ1) is 11.9. The van der Waals surface area contributed by atoms with E-state index in [1.54, 1.807) is 24.4 Å². The third kappa shape index (κ3) is 3.17. The predicted molar refractivity (Wildman–Crippen MR) is 67.7 cm³/mol. The average molecular weight is 251 g/mol. The van der Waals surface area contributed by atoms with Gasteiger partial charge in [0.1, 0.15) is 11.0 Å². The Bertz CT molecular complexity index is 499. The third-order valence-corrected chi connectivity index (χ3v) is 2.69. The van der Waals surface area contributed by atoms with E-state index in [0.29, 0.717) is 5.15 Å². The summed E-state index contributed by atoms with van der Waals surface area (Å²) in [6, 6.07) is 10.1. The molecule has 0 amide bonds. The lowest BCUT2D eigenvalue weighted by Gasteiger charge is -2.15. The topological polar surface area (TPSA) is 24.9 Å². The van der Waals surface area contributed by atoms with Crippen molar-refractivity contribution in [3.8, 4) is 0 Å². The largest absolute Gasteiger partial charge is 0.378 e. The zero-order valence-electron chi connectivity index (χ0n) is 9.32. The van der Waals surface area contributed by atoms with E-state index in [-0.39, 0.29) is 11.9 Å². The van der Waals surface area contributed by atoms with Crippen LogP contribution in [0.5, 0.6) is 0 Å². The molecule has 88 valence electrons. The molecule has 4 heteroatoms. The van der Waals surface area contributed by atoms with E-state index < -0.39 is 0 Å². The van der Waals surface area contributed by atoms with Gasteiger partial charge in [0.05, 0.1) is 0 Å². The standard InChI is InChI=1S/C13H12ClFN2/c1-9(10-2-4-11(15)5-3-10)17-12-6-7-16-13(14)8-12/h2-9H,1H3,(H,16,17). The van der Waals surface area contributed by atoms with Crippen molar-refractivity contribution in [2.75, 3.05) is 5.32 Å². The van der Waals surface area contributed by atoms with Crippen LogP contribution in [0.2, 0.25) is 5.15 Å². The van der Waals surface area contributed by atoms with Crippen molar-refractivity contribution in [2.45, 2.75) is 13.0 Å². The first-order chi connectivity index (χ1) is 8.15. The minimum absolute atomic E-state index is 0.0778. The van der Waals surface area contributed by atoms with Gasteiger partial charge < -0.3 is 5.32 Å². The lowest BCUT2D eigenvalue weighted by atomic mass is 10.1. The van der Waals surface area contributed by atoms with Gasteiger partial charge in [0.2, 0.25) is 0 Å². The summed E-state index contributed by atoms with van der Waals surface area (Å²) in [5.74, 6) is -0.229. The molecule has 0 aliphatic heterocycles. The lowest BCUT2D eigenvalue weighted by molar-refractivity contribution is 0.626. The van der Waals surface area contributed by atoms with Gasteiger partial charge in [0, 0.05) is 17.9 Å². The Morgan fingerprint density at radius 3 is 2.59 bits per heavy atom. The molecule has 1 N–H and O–H groups in total. The van der Waals surface area contributed by atoms with Crippen molar-refractivity contribution in [1.29, 1.82) is 0 Å². The molecule has 17 heavy (non-hydrogen) atoms. The average Bonchev–Trinajstić information content (AvgIpc) is 2.29. The second-order valence-corrected chi connectivity index (χ2v) is 4.17. The molecule has 1 atom stereocenters. The van der Waals surface area contributed by atoms with Crippen molar-refractivity contribution < 1.29 is 4.39 Å². The number of nitrogens with one attached hydrogen (secondary N) is 1. The summed E-state index contributed by atoms with van der Waals surface area (Å²) in [6.45, 7) is 2.00. The number of halogens is 2. The first-order valence-corrected chi connectivity index (χ1v) is 5.66. The number of nitrogens with zero attached hydrogens (tertiary/aromatic N) is 1. The van der Waals surface area contributed by atoms with E-state index in [2.05, 4.69) is 10.3 Å². The van der Waals surface area contributed by atoms with Gasteiger partial charge in [0.15, 0.2) is 0 Å². The Morgan fingerprint density at radius 1 is 1.24 bits per heavy atom. The molecule has 0 aliphatic rings. The SMILES string of the molecule is CC(Nc1ccnc(Cl)c1)c1ccc(F)cc1. The predicted octanol–water partition coefficient (Wildman–Crippen LogP) is 4.05. The van der Waals surface area contributed by atoms with E-state index in [4.69, 9.17) is 11.6 Å². The number of anilines is 1. The van der Waals surface area contributed by atoms with Crippen molar-refractivity contribution in [2.24, 2.45) is 0 Å². The third-order valence-electron chi connectivity index (χ3n) is 2.48. The number of hydrogen-bond acceptors (Lipinski definition) is 2. The van der Waals surface area contributed by atoms with Gasteiger partial charge in [0.25, 0.3) is 0 Å². The summed E-state index contributed by atoms with van der Waals surface area (Å²) in [4.78, 5) is 3.91. The van der Waals surface area contributed by atoms with E-state index in [9.17, 15) is 4.39 Å². The Hall–Kier alpha value is -1.61. The maximum Gasteiger partial charge on any atom is 0.131 e. The van der Waals surface area contributed by atoms with Crippen LogP contribution in [-0.4, -0.2) is 4.98 Å². The van der Waals surface area contributed by atoms with Crippen LogP contribution >= 0.6 is 11.6 Å². The molecule has 0 fully saturated rings. The fourth-order valence-corrected chi connectivity index (χ4v) is 1.75. The molecule has 1 unspecified atom stereocenters. The first-order valence-electron chi connectivity index (χ1n) is 5.29. The molecule has 0 aliphatic carbocycles. The van der Waals surface area contributed by atoms with E-state index in [0.717, 1.165) is 11.3 Å². The number of hydrogen-bond donors (Lipinski definition) is 1. The van der Waals surface area contributed by atoms with Gasteiger partial charge in [-0.2, -0.15) is 0 Å².